The van der Waals surface area contributed by atoms with Gasteiger partial charge in [-0.3, -0.25) is 9.59 Å². The summed E-state index contributed by atoms with van der Waals surface area (Å²) in [5, 5.41) is 11.9. The highest BCUT2D eigenvalue weighted by atomic mass is 16.5. The number of likely N-dealkylation sites (tertiary alicyclic amines) is 1. The predicted molar refractivity (Wildman–Crippen MR) is 117 cm³/mol. The predicted octanol–water partition coefficient (Wildman–Crippen LogP) is 3.09. The van der Waals surface area contributed by atoms with Gasteiger partial charge in [0.15, 0.2) is 0 Å². The van der Waals surface area contributed by atoms with E-state index in [4.69, 9.17) is 9.84 Å². The fourth-order valence-electron chi connectivity index (χ4n) is 5.04. The van der Waals surface area contributed by atoms with Crippen LogP contribution in [0.1, 0.15) is 29.9 Å². The zero-order valence-electron chi connectivity index (χ0n) is 17.7. The van der Waals surface area contributed by atoms with Gasteiger partial charge >= 0.3 is 12.1 Å². The third-order valence-corrected chi connectivity index (χ3v) is 6.94. The fraction of sp³-hybridized carbons (Fsp3) is 0.400. The standard InChI is InChI=1S/C25H26N2O5/c28-23(27-10-9-15(13-27)24(29)30)21-11-16(21)12-26-25(31)32-14-22-19-7-3-1-5-17(19)18-6-2-4-8-20(18)22/h1-8,15-16,21-22H,9-14H2,(H,26,31)(H,29,30)/t15?,16-,21-/m0/s1. The second-order valence-corrected chi connectivity index (χ2v) is 8.92. The highest BCUT2D eigenvalue weighted by Crippen LogP contribution is 2.44. The van der Waals surface area contributed by atoms with Crippen molar-refractivity contribution in [2.24, 2.45) is 17.8 Å². The van der Waals surface area contributed by atoms with Gasteiger partial charge in [-0.15, -0.1) is 0 Å². The molecule has 2 aliphatic carbocycles. The minimum Gasteiger partial charge on any atom is -0.481 e. The van der Waals surface area contributed by atoms with Crippen molar-refractivity contribution >= 4 is 18.0 Å². The van der Waals surface area contributed by atoms with Crippen LogP contribution in [0.3, 0.4) is 0 Å². The Morgan fingerprint density at radius 2 is 1.69 bits per heavy atom. The van der Waals surface area contributed by atoms with Crippen LogP contribution in [-0.4, -0.2) is 54.2 Å². The third-order valence-electron chi connectivity index (χ3n) is 6.94. The smallest absolute Gasteiger partial charge is 0.407 e. The topological polar surface area (TPSA) is 95.9 Å². The summed E-state index contributed by atoms with van der Waals surface area (Å²) in [5.74, 6) is -1.32. The van der Waals surface area contributed by atoms with E-state index in [1.54, 1.807) is 4.90 Å². The molecule has 1 saturated heterocycles. The first kappa shape index (κ1) is 20.5. The quantitative estimate of drug-likeness (QED) is 0.728. The molecule has 166 valence electrons. The van der Waals surface area contributed by atoms with Gasteiger partial charge in [0.2, 0.25) is 5.91 Å². The SMILES string of the molecule is O=C(NC[C@@H]1C[C@@H]1C(=O)N1CCC(C(=O)O)C1)OCC1c2ccccc2-c2ccccc21. The van der Waals surface area contributed by atoms with Crippen LogP contribution < -0.4 is 5.32 Å². The Bertz CT molecular complexity index is 1020. The van der Waals surface area contributed by atoms with Crippen molar-refractivity contribution in [3.8, 4) is 11.1 Å². The van der Waals surface area contributed by atoms with Crippen LogP contribution >= 0.6 is 0 Å². The minimum atomic E-state index is -0.843. The maximum Gasteiger partial charge on any atom is 0.407 e. The van der Waals surface area contributed by atoms with Crippen LogP contribution in [0.4, 0.5) is 4.79 Å². The van der Waals surface area contributed by atoms with Gasteiger partial charge in [-0.05, 0) is 41.0 Å². The van der Waals surface area contributed by atoms with Crippen LogP contribution in [0.2, 0.25) is 0 Å². The van der Waals surface area contributed by atoms with Gasteiger partial charge in [0.25, 0.3) is 0 Å². The van der Waals surface area contributed by atoms with Crippen molar-refractivity contribution in [3.05, 3.63) is 59.7 Å². The molecule has 0 radical (unpaired) electrons. The van der Waals surface area contributed by atoms with E-state index in [9.17, 15) is 14.4 Å². The maximum atomic E-state index is 12.6. The van der Waals surface area contributed by atoms with Crippen LogP contribution in [0, 0.1) is 17.8 Å². The average molecular weight is 434 g/mol. The van der Waals surface area contributed by atoms with Crippen molar-refractivity contribution in [2.45, 2.75) is 18.8 Å². The number of fused-ring (bicyclic) bond motifs is 3. The number of rotatable bonds is 6. The van der Waals surface area contributed by atoms with Crippen molar-refractivity contribution < 1.29 is 24.2 Å². The number of hydrogen-bond donors (Lipinski definition) is 2. The zero-order chi connectivity index (χ0) is 22.2. The van der Waals surface area contributed by atoms with Gasteiger partial charge in [-0.2, -0.15) is 0 Å². The van der Waals surface area contributed by atoms with Gasteiger partial charge in [-0.25, -0.2) is 4.79 Å². The molecule has 3 aliphatic rings. The molecule has 1 heterocycles. The Morgan fingerprint density at radius 1 is 1.03 bits per heavy atom. The molecular formula is C25H26N2O5. The van der Waals surface area contributed by atoms with E-state index in [1.165, 1.54) is 22.3 Å². The number of ether oxygens (including phenoxy) is 1. The number of amides is 2. The lowest BCUT2D eigenvalue weighted by Gasteiger charge is -2.16. The maximum absolute atomic E-state index is 12.6. The van der Waals surface area contributed by atoms with E-state index < -0.39 is 18.0 Å². The molecular weight excluding hydrogens is 408 g/mol. The Morgan fingerprint density at radius 3 is 2.31 bits per heavy atom. The van der Waals surface area contributed by atoms with Crippen LogP contribution in [0.5, 0.6) is 0 Å². The molecule has 1 aliphatic heterocycles. The Hall–Kier alpha value is -3.35. The van der Waals surface area contributed by atoms with Crippen molar-refractivity contribution in [1.29, 1.82) is 0 Å². The molecule has 0 spiro atoms. The summed E-state index contributed by atoms with van der Waals surface area (Å²) in [6.07, 6.45) is 0.754. The first-order valence-electron chi connectivity index (χ1n) is 11.1. The van der Waals surface area contributed by atoms with E-state index in [2.05, 4.69) is 29.6 Å². The molecule has 7 nitrogen and oxygen atoms in total. The number of nitrogens with one attached hydrogen (secondary N) is 1. The molecule has 2 aromatic carbocycles. The van der Waals surface area contributed by atoms with E-state index in [0.29, 0.717) is 19.5 Å². The first-order valence-corrected chi connectivity index (χ1v) is 11.1. The van der Waals surface area contributed by atoms with Crippen LogP contribution in [0.15, 0.2) is 48.5 Å². The molecule has 2 fully saturated rings. The molecule has 5 rings (SSSR count). The summed E-state index contributed by atoms with van der Waals surface area (Å²) in [6.45, 7) is 1.44. The number of alkyl carbamates (subject to hydrolysis) is 1. The lowest BCUT2D eigenvalue weighted by atomic mass is 9.98. The molecule has 3 atom stereocenters. The normalized spacial score (nSPS) is 23.4. The molecule has 2 aromatic rings. The van der Waals surface area contributed by atoms with Crippen molar-refractivity contribution in [1.82, 2.24) is 10.2 Å². The number of carboxylic acid groups (broad SMARTS) is 1. The zero-order valence-corrected chi connectivity index (χ0v) is 17.7. The fourth-order valence-corrected chi connectivity index (χ4v) is 5.04. The van der Waals surface area contributed by atoms with Crippen LogP contribution in [-0.2, 0) is 14.3 Å². The average Bonchev–Trinajstić information content (AvgIpc) is 3.27. The summed E-state index contributed by atoms with van der Waals surface area (Å²) < 4.78 is 5.54. The Kier molecular flexibility index (Phi) is 5.33. The summed E-state index contributed by atoms with van der Waals surface area (Å²) in [6, 6.07) is 16.4. The highest BCUT2D eigenvalue weighted by molar-refractivity contribution is 5.83. The van der Waals surface area contributed by atoms with Gasteiger partial charge in [0.1, 0.15) is 6.61 Å². The number of carbonyl (C=O) groups excluding carboxylic acids is 2. The van der Waals surface area contributed by atoms with Gasteiger partial charge in [0.05, 0.1) is 5.92 Å². The van der Waals surface area contributed by atoms with E-state index in [-0.39, 0.29) is 36.8 Å². The molecule has 0 aromatic heterocycles. The first-order chi connectivity index (χ1) is 15.5. The van der Waals surface area contributed by atoms with Crippen molar-refractivity contribution in [3.63, 3.8) is 0 Å². The van der Waals surface area contributed by atoms with Gasteiger partial charge in [0, 0.05) is 31.5 Å². The number of aliphatic carboxylic acids is 1. The summed E-state index contributed by atoms with van der Waals surface area (Å²) in [4.78, 5) is 37.6. The second kappa shape index (κ2) is 8.30. The van der Waals surface area contributed by atoms with E-state index in [0.717, 1.165) is 6.42 Å². The molecule has 0 bridgehead atoms. The number of carbonyl (C=O) groups is 3. The number of benzene rings is 2. The number of nitrogens with zero attached hydrogens (tertiary/aromatic N) is 1. The Labute approximate surface area is 186 Å². The third kappa shape index (κ3) is 3.83. The number of hydrogen-bond acceptors (Lipinski definition) is 4. The Balaban J connectivity index is 1.10. The molecule has 32 heavy (non-hydrogen) atoms. The summed E-state index contributed by atoms with van der Waals surface area (Å²) in [5.41, 5.74) is 4.70. The van der Waals surface area contributed by atoms with Crippen LogP contribution in [0.25, 0.3) is 11.1 Å². The summed E-state index contributed by atoms with van der Waals surface area (Å²) >= 11 is 0. The summed E-state index contributed by atoms with van der Waals surface area (Å²) in [7, 11) is 0. The molecule has 1 unspecified atom stereocenters. The monoisotopic (exact) mass is 434 g/mol. The molecule has 2 N–H and O–H groups in total. The lowest BCUT2D eigenvalue weighted by molar-refractivity contribution is -0.141. The van der Waals surface area contributed by atoms with E-state index in [1.807, 2.05) is 24.3 Å². The van der Waals surface area contributed by atoms with Crippen molar-refractivity contribution in [2.75, 3.05) is 26.2 Å². The van der Waals surface area contributed by atoms with Gasteiger partial charge < -0.3 is 20.1 Å². The van der Waals surface area contributed by atoms with E-state index >= 15 is 0 Å². The molecule has 1 saturated carbocycles. The second-order valence-electron chi connectivity index (χ2n) is 8.92. The minimum absolute atomic E-state index is 0.00749. The highest BCUT2D eigenvalue weighted by Gasteiger charge is 2.46. The number of carboxylic acids is 1. The lowest BCUT2D eigenvalue weighted by Crippen LogP contribution is -2.33. The largest absolute Gasteiger partial charge is 0.481 e. The molecule has 2 amide bonds. The van der Waals surface area contributed by atoms with Gasteiger partial charge in [-0.1, -0.05) is 48.5 Å². The molecule has 7 heteroatoms.